The van der Waals surface area contributed by atoms with Crippen molar-refractivity contribution in [3.63, 3.8) is 0 Å². The van der Waals surface area contributed by atoms with Crippen LogP contribution in [0.25, 0.3) is 0 Å². The van der Waals surface area contributed by atoms with Gasteiger partial charge in [-0.05, 0) is 35.9 Å². The van der Waals surface area contributed by atoms with Crippen molar-refractivity contribution >= 4 is 21.6 Å². The summed E-state index contributed by atoms with van der Waals surface area (Å²) in [6, 6.07) is 14.1. The highest BCUT2D eigenvalue weighted by molar-refractivity contribution is 9.10. The van der Waals surface area contributed by atoms with E-state index in [1.54, 1.807) is 12.1 Å². The number of hydrogen-bond donors (Lipinski definition) is 0. The van der Waals surface area contributed by atoms with E-state index < -0.39 is 0 Å². The molecule has 0 saturated heterocycles. The van der Waals surface area contributed by atoms with Gasteiger partial charge in [0.15, 0.2) is 0 Å². The molecule has 2 aromatic rings. The summed E-state index contributed by atoms with van der Waals surface area (Å²) in [5, 5.41) is 9.12. The summed E-state index contributed by atoms with van der Waals surface area (Å²) in [4.78, 5) is 1.93. The predicted octanol–water partition coefficient (Wildman–Crippen LogP) is 4.10. The molecule has 0 amide bonds. The summed E-state index contributed by atoms with van der Waals surface area (Å²) < 4.78 is 14.1. The van der Waals surface area contributed by atoms with Crippen molar-refractivity contribution in [2.75, 3.05) is 11.9 Å². The molecule has 0 saturated carbocycles. The van der Waals surface area contributed by atoms with Crippen LogP contribution in [-0.4, -0.2) is 7.05 Å². The van der Waals surface area contributed by atoms with Gasteiger partial charge < -0.3 is 4.90 Å². The second kappa shape index (κ2) is 5.85. The van der Waals surface area contributed by atoms with Crippen molar-refractivity contribution in [2.45, 2.75) is 6.54 Å². The molecule has 0 atom stereocenters. The molecule has 4 heteroatoms. The van der Waals surface area contributed by atoms with E-state index in [0.29, 0.717) is 12.1 Å². The summed E-state index contributed by atoms with van der Waals surface area (Å²) in [5.74, 6) is -0.249. The van der Waals surface area contributed by atoms with E-state index in [1.165, 1.54) is 12.1 Å². The molecule has 0 aliphatic heterocycles. The van der Waals surface area contributed by atoms with Crippen LogP contribution >= 0.6 is 15.9 Å². The molecule has 96 valence electrons. The fraction of sp³-hybridized carbons (Fsp3) is 0.133. The van der Waals surface area contributed by atoms with Crippen LogP contribution in [0.2, 0.25) is 0 Å². The van der Waals surface area contributed by atoms with E-state index in [-0.39, 0.29) is 5.82 Å². The van der Waals surface area contributed by atoms with Crippen molar-refractivity contribution in [1.29, 1.82) is 5.26 Å². The highest BCUT2D eigenvalue weighted by Crippen LogP contribution is 2.25. The minimum Gasteiger partial charge on any atom is -0.369 e. The molecule has 0 heterocycles. The summed E-state index contributed by atoms with van der Waals surface area (Å²) in [6.45, 7) is 0.545. The first kappa shape index (κ1) is 13.6. The molecule has 2 nitrogen and oxygen atoms in total. The number of nitrogens with zero attached hydrogens (tertiary/aromatic N) is 2. The van der Waals surface area contributed by atoms with Gasteiger partial charge in [0, 0.05) is 18.1 Å². The van der Waals surface area contributed by atoms with Gasteiger partial charge in [-0.1, -0.05) is 28.1 Å². The molecular formula is C15H12BrFN2. The molecule has 0 N–H and O–H groups in total. The van der Waals surface area contributed by atoms with Gasteiger partial charge in [0.1, 0.15) is 11.9 Å². The second-order valence-corrected chi connectivity index (χ2v) is 5.17. The molecule has 19 heavy (non-hydrogen) atoms. The highest BCUT2D eigenvalue weighted by Gasteiger charge is 2.09. The fourth-order valence-electron chi connectivity index (χ4n) is 1.91. The first-order valence-corrected chi connectivity index (χ1v) is 6.54. The third-order valence-corrected chi connectivity index (χ3v) is 3.29. The molecule has 2 aromatic carbocycles. The van der Waals surface area contributed by atoms with Gasteiger partial charge in [-0.2, -0.15) is 5.26 Å². The minimum absolute atomic E-state index is 0.249. The van der Waals surface area contributed by atoms with E-state index in [0.717, 1.165) is 15.7 Å². The van der Waals surface area contributed by atoms with Crippen LogP contribution in [-0.2, 0) is 6.54 Å². The van der Waals surface area contributed by atoms with Gasteiger partial charge in [0.05, 0.1) is 11.3 Å². The number of halogens is 2. The standard InChI is InChI=1S/C15H12BrFN2/c1-19(10-11-3-2-4-14(17)7-11)15-8-13(16)6-5-12(15)9-18/h2-8H,10H2,1H3. The maximum absolute atomic E-state index is 13.2. The lowest BCUT2D eigenvalue weighted by Gasteiger charge is -2.21. The molecule has 0 spiro atoms. The second-order valence-electron chi connectivity index (χ2n) is 4.26. The molecule has 0 fully saturated rings. The average molecular weight is 319 g/mol. The number of anilines is 1. The lowest BCUT2D eigenvalue weighted by molar-refractivity contribution is 0.625. The molecule has 0 bridgehead atoms. The van der Waals surface area contributed by atoms with E-state index in [4.69, 9.17) is 5.26 Å². The molecule has 0 unspecified atom stereocenters. The number of benzene rings is 2. The quantitative estimate of drug-likeness (QED) is 0.852. The Bertz CT molecular complexity index is 634. The van der Waals surface area contributed by atoms with Crippen LogP contribution < -0.4 is 4.90 Å². The van der Waals surface area contributed by atoms with Gasteiger partial charge >= 0.3 is 0 Å². The minimum atomic E-state index is -0.249. The van der Waals surface area contributed by atoms with Crippen molar-refractivity contribution in [3.8, 4) is 6.07 Å². The van der Waals surface area contributed by atoms with E-state index in [2.05, 4.69) is 22.0 Å². The van der Waals surface area contributed by atoms with Crippen LogP contribution in [0.5, 0.6) is 0 Å². The molecule has 0 aliphatic rings. The molecule has 0 radical (unpaired) electrons. The van der Waals surface area contributed by atoms with E-state index >= 15 is 0 Å². The normalized spacial score (nSPS) is 10.0. The highest BCUT2D eigenvalue weighted by atomic mass is 79.9. The Morgan fingerprint density at radius 3 is 2.74 bits per heavy atom. The van der Waals surface area contributed by atoms with Gasteiger partial charge in [-0.15, -0.1) is 0 Å². The monoisotopic (exact) mass is 318 g/mol. The SMILES string of the molecule is CN(Cc1cccc(F)c1)c1cc(Br)ccc1C#N. The lowest BCUT2D eigenvalue weighted by Crippen LogP contribution is -2.17. The van der Waals surface area contributed by atoms with Crippen LogP contribution in [0.4, 0.5) is 10.1 Å². The Morgan fingerprint density at radius 1 is 1.26 bits per heavy atom. The van der Waals surface area contributed by atoms with E-state index in [1.807, 2.05) is 30.1 Å². The zero-order chi connectivity index (χ0) is 13.8. The van der Waals surface area contributed by atoms with E-state index in [9.17, 15) is 4.39 Å². The number of rotatable bonds is 3. The Labute approximate surface area is 120 Å². The van der Waals surface area contributed by atoms with Crippen molar-refractivity contribution in [3.05, 3.63) is 63.9 Å². The van der Waals surface area contributed by atoms with Crippen molar-refractivity contribution in [1.82, 2.24) is 0 Å². The summed E-state index contributed by atoms with van der Waals surface area (Å²) >= 11 is 3.39. The fourth-order valence-corrected chi connectivity index (χ4v) is 2.26. The Kier molecular flexibility index (Phi) is 4.18. The summed E-state index contributed by atoms with van der Waals surface area (Å²) in [5.41, 5.74) is 2.29. The average Bonchev–Trinajstić information content (AvgIpc) is 2.38. The number of nitriles is 1. The van der Waals surface area contributed by atoms with Crippen LogP contribution in [0.1, 0.15) is 11.1 Å². The smallest absolute Gasteiger partial charge is 0.123 e. The topological polar surface area (TPSA) is 27.0 Å². The molecule has 2 rings (SSSR count). The van der Waals surface area contributed by atoms with Crippen molar-refractivity contribution in [2.24, 2.45) is 0 Å². The molecule has 0 aliphatic carbocycles. The van der Waals surface area contributed by atoms with Gasteiger partial charge in [0.25, 0.3) is 0 Å². The van der Waals surface area contributed by atoms with Gasteiger partial charge in [-0.25, -0.2) is 4.39 Å². The lowest BCUT2D eigenvalue weighted by atomic mass is 10.1. The third-order valence-electron chi connectivity index (χ3n) is 2.80. The third kappa shape index (κ3) is 3.33. The van der Waals surface area contributed by atoms with Gasteiger partial charge in [0.2, 0.25) is 0 Å². The van der Waals surface area contributed by atoms with Crippen LogP contribution in [0, 0.1) is 17.1 Å². The maximum atomic E-state index is 13.2. The summed E-state index contributed by atoms with van der Waals surface area (Å²) in [6.07, 6.45) is 0. The van der Waals surface area contributed by atoms with Crippen LogP contribution in [0.15, 0.2) is 46.9 Å². The molecular weight excluding hydrogens is 307 g/mol. The Morgan fingerprint density at radius 2 is 2.05 bits per heavy atom. The zero-order valence-corrected chi connectivity index (χ0v) is 12.0. The largest absolute Gasteiger partial charge is 0.369 e. The number of hydrogen-bond acceptors (Lipinski definition) is 2. The first-order valence-electron chi connectivity index (χ1n) is 5.75. The summed E-state index contributed by atoms with van der Waals surface area (Å²) in [7, 11) is 1.88. The van der Waals surface area contributed by atoms with Gasteiger partial charge in [-0.3, -0.25) is 0 Å². The first-order chi connectivity index (χ1) is 9.10. The Balaban J connectivity index is 2.27. The maximum Gasteiger partial charge on any atom is 0.123 e. The Hall–Kier alpha value is -1.86. The zero-order valence-electron chi connectivity index (χ0n) is 10.4. The predicted molar refractivity (Wildman–Crippen MR) is 77.4 cm³/mol. The molecule has 0 aromatic heterocycles. The van der Waals surface area contributed by atoms with Crippen LogP contribution in [0.3, 0.4) is 0 Å². The van der Waals surface area contributed by atoms with Crippen molar-refractivity contribution < 1.29 is 4.39 Å².